The molecule has 2 N–H and O–H groups in total. The molecule has 1 aromatic heterocycles. The fourth-order valence-corrected chi connectivity index (χ4v) is 1.93. The molecule has 2 unspecified atom stereocenters. The third-order valence-electron chi connectivity index (χ3n) is 3.11. The summed E-state index contributed by atoms with van der Waals surface area (Å²) in [6, 6.07) is -0.535. The van der Waals surface area contributed by atoms with Gasteiger partial charge in [-0.3, -0.25) is 19.8 Å². The van der Waals surface area contributed by atoms with Crippen molar-refractivity contribution >= 4 is 11.8 Å². The minimum Gasteiger partial charge on any atom is -0.298 e. The first kappa shape index (κ1) is 12.6. The van der Waals surface area contributed by atoms with Gasteiger partial charge in [-0.15, -0.1) is 10.2 Å². The summed E-state index contributed by atoms with van der Waals surface area (Å²) in [5.74, 6) is 0.176. The third kappa shape index (κ3) is 2.37. The van der Waals surface area contributed by atoms with Crippen LogP contribution in [0.25, 0.3) is 0 Å². The average Bonchev–Trinajstić information content (AvgIpc) is 2.95. The molecule has 1 aliphatic heterocycles. The van der Waals surface area contributed by atoms with E-state index in [-0.39, 0.29) is 24.3 Å². The Hall–Kier alpha value is -1.83. The maximum atomic E-state index is 12.1. The van der Waals surface area contributed by atoms with E-state index >= 15 is 0 Å². The first-order valence-electron chi connectivity index (χ1n) is 5.95. The molecular weight excluding hydrogens is 236 g/mol. The SMILES string of the molecule is CCC(C)N1C(=O)CC(NCc2nn[nH]n2)C1=O. The summed E-state index contributed by atoms with van der Waals surface area (Å²) >= 11 is 0. The average molecular weight is 252 g/mol. The molecule has 2 amide bonds. The van der Waals surface area contributed by atoms with Crippen LogP contribution in [-0.4, -0.2) is 49.4 Å². The van der Waals surface area contributed by atoms with E-state index in [1.165, 1.54) is 4.90 Å². The number of nitrogens with zero attached hydrogens (tertiary/aromatic N) is 4. The van der Waals surface area contributed by atoms with Crippen molar-refractivity contribution in [2.24, 2.45) is 0 Å². The Balaban J connectivity index is 1.95. The minimum atomic E-state index is -0.481. The second-order valence-electron chi connectivity index (χ2n) is 4.32. The summed E-state index contributed by atoms with van der Waals surface area (Å²) in [7, 11) is 0. The van der Waals surface area contributed by atoms with Crippen molar-refractivity contribution in [1.29, 1.82) is 0 Å². The molecule has 0 aliphatic carbocycles. The molecule has 2 rings (SSSR count). The van der Waals surface area contributed by atoms with E-state index in [1.54, 1.807) is 0 Å². The summed E-state index contributed by atoms with van der Waals surface area (Å²) in [4.78, 5) is 25.2. The molecule has 1 fully saturated rings. The largest absolute Gasteiger partial charge is 0.298 e. The number of carbonyl (C=O) groups is 2. The molecule has 18 heavy (non-hydrogen) atoms. The number of hydrogen-bond acceptors (Lipinski definition) is 6. The Morgan fingerprint density at radius 2 is 2.33 bits per heavy atom. The van der Waals surface area contributed by atoms with Crippen molar-refractivity contribution < 1.29 is 9.59 Å². The molecule has 0 radical (unpaired) electrons. The molecular formula is C10H16N6O2. The van der Waals surface area contributed by atoms with Crippen molar-refractivity contribution in [1.82, 2.24) is 30.8 Å². The molecule has 0 saturated carbocycles. The number of aromatic nitrogens is 4. The topological polar surface area (TPSA) is 104 Å². The second-order valence-corrected chi connectivity index (χ2v) is 4.32. The number of carbonyl (C=O) groups excluding carboxylic acids is 2. The van der Waals surface area contributed by atoms with E-state index in [0.717, 1.165) is 6.42 Å². The van der Waals surface area contributed by atoms with Gasteiger partial charge >= 0.3 is 0 Å². The van der Waals surface area contributed by atoms with Gasteiger partial charge in [-0.25, -0.2) is 0 Å². The molecule has 2 heterocycles. The standard InChI is InChI=1S/C10H16N6O2/c1-3-6(2)16-9(17)4-7(10(16)18)11-5-8-12-14-15-13-8/h6-7,11H,3-5H2,1-2H3,(H,12,13,14,15). The van der Waals surface area contributed by atoms with E-state index < -0.39 is 6.04 Å². The van der Waals surface area contributed by atoms with Crippen LogP contribution in [0.4, 0.5) is 0 Å². The fraction of sp³-hybridized carbons (Fsp3) is 0.700. The monoisotopic (exact) mass is 252 g/mol. The molecule has 1 aromatic rings. The highest BCUT2D eigenvalue weighted by atomic mass is 16.2. The quantitative estimate of drug-likeness (QED) is 0.666. The van der Waals surface area contributed by atoms with Crippen LogP contribution in [0.15, 0.2) is 0 Å². The van der Waals surface area contributed by atoms with Crippen molar-refractivity contribution in [3.8, 4) is 0 Å². The predicted molar refractivity (Wildman–Crippen MR) is 61.0 cm³/mol. The van der Waals surface area contributed by atoms with Crippen LogP contribution in [0.5, 0.6) is 0 Å². The fourth-order valence-electron chi connectivity index (χ4n) is 1.93. The van der Waals surface area contributed by atoms with Crippen LogP contribution in [0.3, 0.4) is 0 Å². The number of H-pyrrole nitrogens is 1. The van der Waals surface area contributed by atoms with E-state index in [4.69, 9.17) is 0 Å². The Kier molecular flexibility index (Phi) is 3.66. The predicted octanol–water partition coefficient (Wildman–Crippen LogP) is -0.785. The Morgan fingerprint density at radius 1 is 1.56 bits per heavy atom. The Bertz CT molecular complexity index is 432. The van der Waals surface area contributed by atoms with Crippen molar-refractivity contribution in [3.05, 3.63) is 5.82 Å². The number of imide groups is 1. The minimum absolute atomic E-state index is 0.0537. The highest BCUT2D eigenvalue weighted by Gasteiger charge is 2.40. The van der Waals surface area contributed by atoms with E-state index in [1.807, 2.05) is 13.8 Å². The lowest BCUT2D eigenvalue weighted by molar-refractivity contribution is -0.141. The van der Waals surface area contributed by atoms with Crippen LogP contribution in [0, 0.1) is 0 Å². The molecule has 8 heteroatoms. The number of amides is 2. The number of rotatable bonds is 5. The van der Waals surface area contributed by atoms with Gasteiger partial charge < -0.3 is 0 Å². The van der Waals surface area contributed by atoms with Gasteiger partial charge in [0.25, 0.3) is 0 Å². The maximum Gasteiger partial charge on any atom is 0.247 e. The summed E-state index contributed by atoms with van der Waals surface area (Å²) in [6.45, 7) is 4.14. The van der Waals surface area contributed by atoms with E-state index in [2.05, 4.69) is 25.9 Å². The van der Waals surface area contributed by atoms with Gasteiger partial charge in [0.2, 0.25) is 11.8 Å². The summed E-state index contributed by atoms with van der Waals surface area (Å²) in [6.07, 6.45) is 0.954. The second kappa shape index (κ2) is 5.21. The summed E-state index contributed by atoms with van der Waals surface area (Å²) in [5.41, 5.74) is 0. The highest BCUT2D eigenvalue weighted by Crippen LogP contribution is 2.18. The lowest BCUT2D eigenvalue weighted by Crippen LogP contribution is -2.42. The zero-order valence-electron chi connectivity index (χ0n) is 10.4. The number of aromatic amines is 1. The van der Waals surface area contributed by atoms with Crippen LogP contribution < -0.4 is 5.32 Å². The lowest BCUT2D eigenvalue weighted by Gasteiger charge is -2.21. The smallest absolute Gasteiger partial charge is 0.247 e. The zero-order valence-corrected chi connectivity index (χ0v) is 10.4. The van der Waals surface area contributed by atoms with Gasteiger partial charge in [-0.2, -0.15) is 5.21 Å². The van der Waals surface area contributed by atoms with Crippen LogP contribution in [-0.2, 0) is 16.1 Å². The van der Waals surface area contributed by atoms with Crippen molar-refractivity contribution in [3.63, 3.8) is 0 Å². The maximum absolute atomic E-state index is 12.1. The number of likely N-dealkylation sites (tertiary alicyclic amines) is 1. The van der Waals surface area contributed by atoms with Crippen molar-refractivity contribution in [2.45, 2.75) is 45.3 Å². The first-order valence-corrected chi connectivity index (χ1v) is 5.95. The number of nitrogens with one attached hydrogen (secondary N) is 2. The van der Waals surface area contributed by atoms with Crippen LogP contribution in [0.2, 0.25) is 0 Å². The van der Waals surface area contributed by atoms with Gasteiger partial charge in [-0.1, -0.05) is 12.1 Å². The zero-order chi connectivity index (χ0) is 13.1. The van der Waals surface area contributed by atoms with Crippen LogP contribution in [0.1, 0.15) is 32.5 Å². The molecule has 8 nitrogen and oxygen atoms in total. The number of hydrogen-bond donors (Lipinski definition) is 2. The summed E-state index contributed by atoms with van der Waals surface area (Å²) < 4.78 is 0. The van der Waals surface area contributed by atoms with Gasteiger partial charge in [0, 0.05) is 6.04 Å². The lowest BCUT2D eigenvalue weighted by atomic mass is 10.2. The molecule has 98 valence electrons. The van der Waals surface area contributed by atoms with Gasteiger partial charge in [0.15, 0.2) is 5.82 Å². The summed E-state index contributed by atoms with van der Waals surface area (Å²) in [5, 5.41) is 16.3. The van der Waals surface area contributed by atoms with Gasteiger partial charge in [-0.05, 0) is 13.3 Å². The molecule has 0 spiro atoms. The third-order valence-corrected chi connectivity index (χ3v) is 3.11. The molecule has 2 atom stereocenters. The van der Waals surface area contributed by atoms with E-state index in [0.29, 0.717) is 12.4 Å². The highest BCUT2D eigenvalue weighted by molar-refractivity contribution is 6.05. The Labute approximate surface area is 104 Å². The normalized spacial score (nSPS) is 21.7. The first-order chi connectivity index (χ1) is 8.63. The number of tetrazole rings is 1. The van der Waals surface area contributed by atoms with E-state index in [9.17, 15) is 9.59 Å². The molecule has 1 aliphatic rings. The van der Waals surface area contributed by atoms with Gasteiger partial charge in [0.05, 0.1) is 19.0 Å². The van der Waals surface area contributed by atoms with Crippen LogP contribution >= 0.6 is 0 Å². The molecule has 0 bridgehead atoms. The molecule has 0 aromatic carbocycles. The van der Waals surface area contributed by atoms with Crippen molar-refractivity contribution in [2.75, 3.05) is 0 Å². The Morgan fingerprint density at radius 3 is 2.94 bits per heavy atom. The molecule has 1 saturated heterocycles. The van der Waals surface area contributed by atoms with Gasteiger partial charge in [0.1, 0.15) is 0 Å².